The Morgan fingerprint density at radius 1 is 1.53 bits per heavy atom. The van der Waals surface area contributed by atoms with Crippen LogP contribution in [0, 0.1) is 5.92 Å². The van der Waals surface area contributed by atoms with E-state index in [1.165, 1.54) is 4.90 Å². The lowest BCUT2D eigenvalue weighted by Gasteiger charge is -2.15. The number of amides is 1. The third-order valence-corrected chi connectivity index (χ3v) is 3.43. The molecule has 1 saturated heterocycles. The van der Waals surface area contributed by atoms with Gasteiger partial charge in [-0.15, -0.1) is 0 Å². The van der Waals surface area contributed by atoms with Crippen molar-refractivity contribution in [2.45, 2.75) is 6.42 Å². The minimum atomic E-state index is -0.847. The van der Waals surface area contributed by atoms with E-state index in [-0.39, 0.29) is 12.5 Å². The lowest BCUT2D eigenvalue weighted by molar-refractivity contribution is -0.141. The van der Waals surface area contributed by atoms with Crippen molar-refractivity contribution < 1.29 is 14.7 Å². The van der Waals surface area contributed by atoms with Crippen LogP contribution in [0.1, 0.15) is 16.9 Å². The number of rotatable bonds is 2. The van der Waals surface area contributed by atoms with E-state index in [0.717, 1.165) is 0 Å². The number of carbonyl (C=O) groups excluding carboxylic acids is 1. The second kappa shape index (κ2) is 4.83. The predicted molar refractivity (Wildman–Crippen MR) is 63.6 cm³/mol. The summed E-state index contributed by atoms with van der Waals surface area (Å²) in [5.41, 5.74) is 0.332. The molecule has 17 heavy (non-hydrogen) atoms. The molecule has 2 rings (SSSR count). The molecular formula is C11H11BrN2O3. The SMILES string of the molecule is O=C(O)C1CCN(C(=O)c2ncccc2Br)C1. The van der Waals surface area contributed by atoms with E-state index in [4.69, 9.17) is 5.11 Å². The first-order valence-electron chi connectivity index (χ1n) is 5.22. The molecule has 0 spiro atoms. The van der Waals surface area contributed by atoms with Crippen molar-refractivity contribution in [1.82, 2.24) is 9.88 Å². The van der Waals surface area contributed by atoms with Crippen LogP contribution in [0.2, 0.25) is 0 Å². The Morgan fingerprint density at radius 2 is 2.29 bits per heavy atom. The molecule has 1 aliphatic rings. The molecule has 1 aromatic rings. The third-order valence-electron chi connectivity index (χ3n) is 2.79. The van der Waals surface area contributed by atoms with Gasteiger partial charge in [-0.05, 0) is 34.5 Å². The maximum absolute atomic E-state index is 12.1. The number of pyridine rings is 1. The quantitative estimate of drug-likeness (QED) is 0.896. The lowest BCUT2D eigenvalue weighted by Crippen LogP contribution is -2.30. The summed E-state index contributed by atoms with van der Waals surface area (Å²) in [5, 5.41) is 8.88. The van der Waals surface area contributed by atoms with Gasteiger partial charge in [0, 0.05) is 23.8 Å². The van der Waals surface area contributed by atoms with E-state index >= 15 is 0 Å². The number of aromatic nitrogens is 1. The van der Waals surface area contributed by atoms with E-state index in [2.05, 4.69) is 20.9 Å². The fourth-order valence-corrected chi connectivity index (χ4v) is 2.26. The smallest absolute Gasteiger partial charge is 0.308 e. The van der Waals surface area contributed by atoms with Crippen molar-refractivity contribution in [2.24, 2.45) is 5.92 Å². The largest absolute Gasteiger partial charge is 0.481 e. The molecule has 90 valence electrons. The summed E-state index contributed by atoms with van der Waals surface area (Å²) in [7, 11) is 0. The Bertz CT molecular complexity index is 464. The van der Waals surface area contributed by atoms with Crippen molar-refractivity contribution in [3.05, 3.63) is 28.5 Å². The zero-order chi connectivity index (χ0) is 12.4. The summed E-state index contributed by atoms with van der Waals surface area (Å²) >= 11 is 3.26. The van der Waals surface area contributed by atoms with Crippen LogP contribution >= 0.6 is 15.9 Å². The van der Waals surface area contributed by atoms with Gasteiger partial charge in [-0.25, -0.2) is 4.98 Å². The van der Waals surface area contributed by atoms with E-state index in [1.54, 1.807) is 18.3 Å². The van der Waals surface area contributed by atoms with Crippen LogP contribution in [0.15, 0.2) is 22.8 Å². The molecule has 1 unspecified atom stereocenters. The first-order valence-corrected chi connectivity index (χ1v) is 6.01. The highest BCUT2D eigenvalue weighted by molar-refractivity contribution is 9.10. The fraction of sp³-hybridized carbons (Fsp3) is 0.364. The molecule has 0 radical (unpaired) electrons. The second-order valence-corrected chi connectivity index (χ2v) is 4.76. The molecule has 0 saturated carbocycles. The topological polar surface area (TPSA) is 70.5 Å². The summed E-state index contributed by atoms with van der Waals surface area (Å²) in [6, 6.07) is 3.47. The standard InChI is InChI=1S/C11H11BrN2O3/c12-8-2-1-4-13-9(8)10(15)14-5-3-7(6-14)11(16)17/h1-2,4,7H,3,5-6H2,(H,16,17). The molecule has 0 aromatic carbocycles. The summed E-state index contributed by atoms with van der Waals surface area (Å²) in [6.07, 6.45) is 2.05. The van der Waals surface area contributed by atoms with Gasteiger partial charge in [-0.1, -0.05) is 0 Å². The van der Waals surface area contributed by atoms with Crippen LogP contribution in [0.5, 0.6) is 0 Å². The Hall–Kier alpha value is -1.43. The molecule has 0 bridgehead atoms. The Kier molecular flexibility index (Phi) is 3.42. The van der Waals surface area contributed by atoms with Crippen LogP contribution < -0.4 is 0 Å². The van der Waals surface area contributed by atoms with Gasteiger partial charge in [0.2, 0.25) is 0 Å². The normalized spacial score (nSPS) is 19.4. The minimum absolute atomic E-state index is 0.221. The van der Waals surface area contributed by atoms with Crippen molar-refractivity contribution in [3.8, 4) is 0 Å². The second-order valence-electron chi connectivity index (χ2n) is 3.91. The molecule has 1 aliphatic heterocycles. The van der Waals surface area contributed by atoms with Gasteiger partial charge < -0.3 is 10.0 Å². The Morgan fingerprint density at radius 3 is 2.88 bits per heavy atom. The molecule has 1 N–H and O–H groups in total. The van der Waals surface area contributed by atoms with Crippen molar-refractivity contribution in [3.63, 3.8) is 0 Å². The first kappa shape index (κ1) is 12.0. The van der Waals surface area contributed by atoms with Crippen molar-refractivity contribution in [2.75, 3.05) is 13.1 Å². The van der Waals surface area contributed by atoms with Gasteiger partial charge in [-0.2, -0.15) is 0 Å². The van der Waals surface area contributed by atoms with Crippen LogP contribution in [0.3, 0.4) is 0 Å². The number of nitrogens with zero attached hydrogens (tertiary/aromatic N) is 2. The first-order chi connectivity index (χ1) is 8.09. The van der Waals surface area contributed by atoms with E-state index < -0.39 is 11.9 Å². The number of aliphatic carboxylic acids is 1. The van der Waals surface area contributed by atoms with Crippen molar-refractivity contribution >= 4 is 27.8 Å². The number of halogens is 1. The van der Waals surface area contributed by atoms with E-state index in [9.17, 15) is 9.59 Å². The Labute approximate surface area is 107 Å². The van der Waals surface area contributed by atoms with Crippen LogP contribution in [0.4, 0.5) is 0 Å². The van der Waals surface area contributed by atoms with Crippen LogP contribution in [0.25, 0.3) is 0 Å². The zero-order valence-electron chi connectivity index (χ0n) is 8.97. The minimum Gasteiger partial charge on any atom is -0.481 e. The van der Waals surface area contributed by atoms with Gasteiger partial charge in [0.15, 0.2) is 0 Å². The van der Waals surface area contributed by atoms with Gasteiger partial charge in [-0.3, -0.25) is 9.59 Å². The van der Waals surface area contributed by atoms with Crippen LogP contribution in [-0.2, 0) is 4.79 Å². The highest BCUT2D eigenvalue weighted by atomic mass is 79.9. The maximum atomic E-state index is 12.1. The van der Waals surface area contributed by atoms with E-state index in [0.29, 0.717) is 23.1 Å². The number of carboxylic acid groups (broad SMARTS) is 1. The van der Waals surface area contributed by atoms with Gasteiger partial charge in [0.05, 0.1) is 5.92 Å². The molecule has 1 amide bonds. The molecule has 1 fully saturated rings. The number of likely N-dealkylation sites (tertiary alicyclic amines) is 1. The monoisotopic (exact) mass is 298 g/mol. The fourth-order valence-electron chi connectivity index (χ4n) is 1.84. The summed E-state index contributed by atoms with van der Waals surface area (Å²) in [4.78, 5) is 28.4. The van der Waals surface area contributed by atoms with Gasteiger partial charge in [0.1, 0.15) is 5.69 Å². The third kappa shape index (κ3) is 2.46. The van der Waals surface area contributed by atoms with Crippen LogP contribution in [-0.4, -0.2) is 40.0 Å². The van der Waals surface area contributed by atoms with Crippen molar-refractivity contribution in [1.29, 1.82) is 0 Å². The summed E-state index contributed by atoms with van der Waals surface area (Å²) < 4.78 is 0.628. The number of hydrogen-bond donors (Lipinski definition) is 1. The number of hydrogen-bond acceptors (Lipinski definition) is 3. The average molecular weight is 299 g/mol. The van der Waals surface area contributed by atoms with Gasteiger partial charge >= 0.3 is 5.97 Å². The van der Waals surface area contributed by atoms with E-state index in [1.807, 2.05) is 0 Å². The predicted octanol–water partition coefficient (Wildman–Crippen LogP) is 1.39. The maximum Gasteiger partial charge on any atom is 0.308 e. The number of carboxylic acids is 1. The average Bonchev–Trinajstić information content (AvgIpc) is 2.78. The molecule has 1 atom stereocenters. The van der Waals surface area contributed by atoms with Gasteiger partial charge in [0.25, 0.3) is 5.91 Å². The Balaban J connectivity index is 2.13. The molecule has 6 heteroatoms. The lowest BCUT2D eigenvalue weighted by atomic mass is 10.1. The summed E-state index contributed by atoms with van der Waals surface area (Å²) in [5.74, 6) is -1.52. The highest BCUT2D eigenvalue weighted by Gasteiger charge is 2.32. The summed E-state index contributed by atoms with van der Waals surface area (Å²) in [6.45, 7) is 0.732. The molecule has 5 nitrogen and oxygen atoms in total. The number of carbonyl (C=O) groups is 2. The molecular weight excluding hydrogens is 288 g/mol. The molecule has 0 aliphatic carbocycles. The highest BCUT2D eigenvalue weighted by Crippen LogP contribution is 2.21. The zero-order valence-corrected chi connectivity index (χ0v) is 10.6. The molecule has 1 aromatic heterocycles. The molecule has 2 heterocycles.